The quantitative estimate of drug-likeness (QED) is 0.626. The van der Waals surface area contributed by atoms with E-state index in [0.717, 1.165) is 57.0 Å². The lowest BCUT2D eigenvalue weighted by molar-refractivity contribution is 0.200. The molecule has 152 valence electrons. The first-order valence-electron chi connectivity index (χ1n) is 10.8. The summed E-state index contributed by atoms with van der Waals surface area (Å²) in [5.74, 6) is 1.99. The van der Waals surface area contributed by atoms with E-state index in [1.807, 2.05) is 19.3 Å². The number of benzene rings is 1. The normalized spacial score (nSPS) is 15.4. The molecule has 0 N–H and O–H groups in total. The fourth-order valence-corrected chi connectivity index (χ4v) is 4.42. The molecule has 2 aromatic heterocycles. The third kappa shape index (κ3) is 4.56. The van der Waals surface area contributed by atoms with Gasteiger partial charge in [-0.1, -0.05) is 31.5 Å². The molecule has 0 unspecified atom stereocenters. The minimum atomic E-state index is 0.599. The van der Waals surface area contributed by atoms with Crippen LogP contribution < -0.4 is 4.90 Å². The van der Waals surface area contributed by atoms with Gasteiger partial charge in [-0.3, -0.25) is 9.88 Å². The van der Waals surface area contributed by atoms with Crippen molar-refractivity contribution >= 4 is 16.6 Å². The van der Waals surface area contributed by atoms with Gasteiger partial charge in [-0.15, -0.1) is 0 Å². The second kappa shape index (κ2) is 8.87. The van der Waals surface area contributed by atoms with E-state index in [9.17, 15) is 0 Å². The van der Waals surface area contributed by atoms with Crippen LogP contribution in [0.15, 0.2) is 42.7 Å². The summed E-state index contributed by atoms with van der Waals surface area (Å²) in [6.45, 7) is 7.28. The summed E-state index contributed by atoms with van der Waals surface area (Å²) >= 11 is 0. The fraction of sp³-hybridized carbons (Fsp3) is 0.458. The van der Waals surface area contributed by atoms with Crippen molar-refractivity contribution in [2.45, 2.75) is 52.1 Å². The van der Waals surface area contributed by atoms with Gasteiger partial charge in [-0.25, -0.2) is 9.97 Å². The Balaban J connectivity index is 1.40. The minimum absolute atomic E-state index is 0.599. The van der Waals surface area contributed by atoms with E-state index in [1.165, 1.54) is 22.0 Å². The molecule has 0 spiro atoms. The van der Waals surface area contributed by atoms with Crippen molar-refractivity contribution in [1.29, 1.82) is 0 Å². The van der Waals surface area contributed by atoms with Crippen LogP contribution in [0.25, 0.3) is 10.8 Å². The van der Waals surface area contributed by atoms with Crippen LogP contribution in [-0.4, -0.2) is 46.0 Å². The first-order valence-corrected chi connectivity index (χ1v) is 10.8. The molecule has 1 aromatic carbocycles. The average Bonchev–Trinajstić information content (AvgIpc) is 2.74. The number of piperidine rings is 1. The summed E-state index contributed by atoms with van der Waals surface area (Å²) in [6, 6.07) is 11.4. The molecule has 1 aliphatic heterocycles. The van der Waals surface area contributed by atoms with E-state index in [4.69, 9.17) is 4.98 Å². The maximum absolute atomic E-state index is 4.71. The molecule has 3 heterocycles. The number of hydrogen-bond acceptors (Lipinski definition) is 5. The zero-order valence-corrected chi connectivity index (χ0v) is 17.8. The Kier molecular flexibility index (Phi) is 6.05. The van der Waals surface area contributed by atoms with Crippen LogP contribution in [0.1, 0.15) is 43.3 Å². The van der Waals surface area contributed by atoms with Gasteiger partial charge >= 0.3 is 0 Å². The summed E-state index contributed by atoms with van der Waals surface area (Å²) in [4.78, 5) is 18.5. The molecule has 1 aliphatic rings. The van der Waals surface area contributed by atoms with Gasteiger partial charge in [0.15, 0.2) is 0 Å². The van der Waals surface area contributed by atoms with Crippen LogP contribution >= 0.6 is 0 Å². The van der Waals surface area contributed by atoms with E-state index in [1.54, 1.807) is 0 Å². The third-order valence-corrected chi connectivity index (χ3v) is 5.99. The Morgan fingerprint density at radius 3 is 2.76 bits per heavy atom. The molecule has 29 heavy (non-hydrogen) atoms. The SMILES string of the molecule is CCCc1cc(N2CCC(N(C)Cc3cccc4cnccc34)CC2)nc(C)n1. The summed E-state index contributed by atoms with van der Waals surface area (Å²) in [6.07, 6.45) is 8.31. The molecule has 0 radical (unpaired) electrons. The van der Waals surface area contributed by atoms with Crippen molar-refractivity contribution in [2.24, 2.45) is 0 Å². The third-order valence-electron chi connectivity index (χ3n) is 5.99. The molecule has 5 heteroatoms. The van der Waals surface area contributed by atoms with Gasteiger partial charge in [0.1, 0.15) is 11.6 Å². The number of rotatable bonds is 6. The topological polar surface area (TPSA) is 45.2 Å². The Hall–Kier alpha value is -2.53. The summed E-state index contributed by atoms with van der Waals surface area (Å²) in [5, 5.41) is 2.53. The monoisotopic (exact) mass is 389 g/mol. The lowest BCUT2D eigenvalue weighted by Gasteiger charge is -2.37. The number of anilines is 1. The Morgan fingerprint density at radius 2 is 1.97 bits per heavy atom. The molecule has 0 amide bonds. The number of fused-ring (bicyclic) bond motifs is 1. The molecule has 0 bridgehead atoms. The van der Waals surface area contributed by atoms with E-state index >= 15 is 0 Å². The molecular formula is C24H31N5. The number of aryl methyl sites for hydroxylation is 2. The van der Waals surface area contributed by atoms with Gasteiger partial charge in [0.25, 0.3) is 0 Å². The van der Waals surface area contributed by atoms with Gasteiger partial charge in [0, 0.05) is 55.2 Å². The molecular weight excluding hydrogens is 358 g/mol. The number of hydrogen-bond donors (Lipinski definition) is 0. The van der Waals surface area contributed by atoms with Crippen molar-refractivity contribution in [2.75, 3.05) is 25.0 Å². The van der Waals surface area contributed by atoms with Crippen molar-refractivity contribution in [1.82, 2.24) is 19.9 Å². The minimum Gasteiger partial charge on any atom is -0.356 e. The van der Waals surface area contributed by atoms with Crippen LogP contribution in [-0.2, 0) is 13.0 Å². The number of pyridine rings is 1. The molecule has 0 atom stereocenters. The standard InChI is InChI=1S/C24H31N5/c1-4-6-21-15-24(27-18(2)26-21)29-13-10-22(11-14-29)28(3)17-20-8-5-7-19-16-25-12-9-23(19)20/h5,7-9,12,15-16,22H,4,6,10-11,13-14,17H2,1-3H3. The highest BCUT2D eigenvalue weighted by Crippen LogP contribution is 2.24. The number of aromatic nitrogens is 3. The van der Waals surface area contributed by atoms with E-state index < -0.39 is 0 Å². The molecule has 0 aliphatic carbocycles. The lowest BCUT2D eigenvalue weighted by Crippen LogP contribution is -2.43. The van der Waals surface area contributed by atoms with Crippen LogP contribution in [0.4, 0.5) is 5.82 Å². The van der Waals surface area contributed by atoms with Gasteiger partial charge in [0.2, 0.25) is 0 Å². The Labute approximate surface area is 173 Å². The van der Waals surface area contributed by atoms with Crippen LogP contribution in [0.3, 0.4) is 0 Å². The second-order valence-corrected chi connectivity index (χ2v) is 8.16. The highest BCUT2D eigenvalue weighted by atomic mass is 15.2. The van der Waals surface area contributed by atoms with Crippen molar-refractivity contribution < 1.29 is 0 Å². The van der Waals surface area contributed by atoms with Gasteiger partial charge in [-0.2, -0.15) is 0 Å². The molecule has 3 aromatic rings. The molecule has 5 nitrogen and oxygen atoms in total. The van der Waals surface area contributed by atoms with Crippen molar-refractivity contribution in [3.63, 3.8) is 0 Å². The van der Waals surface area contributed by atoms with E-state index in [0.29, 0.717) is 6.04 Å². The van der Waals surface area contributed by atoms with E-state index in [2.05, 4.69) is 64.1 Å². The largest absolute Gasteiger partial charge is 0.356 e. The van der Waals surface area contributed by atoms with Gasteiger partial charge < -0.3 is 4.90 Å². The summed E-state index contributed by atoms with van der Waals surface area (Å²) in [7, 11) is 2.26. The summed E-state index contributed by atoms with van der Waals surface area (Å²) < 4.78 is 0. The molecule has 1 saturated heterocycles. The average molecular weight is 390 g/mol. The smallest absolute Gasteiger partial charge is 0.132 e. The Bertz CT molecular complexity index is 957. The predicted octanol–water partition coefficient (Wildman–Crippen LogP) is 4.39. The second-order valence-electron chi connectivity index (χ2n) is 8.16. The maximum Gasteiger partial charge on any atom is 0.132 e. The zero-order chi connectivity index (χ0) is 20.2. The Morgan fingerprint density at radius 1 is 1.14 bits per heavy atom. The van der Waals surface area contributed by atoms with Crippen molar-refractivity contribution in [3.8, 4) is 0 Å². The molecule has 0 saturated carbocycles. The van der Waals surface area contributed by atoms with Crippen molar-refractivity contribution in [3.05, 3.63) is 59.8 Å². The van der Waals surface area contributed by atoms with Gasteiger partial charge in [-0.05, 0) is 50.2 Å². The molecule has 1 fully saturated rings. The number of nitrogens with zero attached hydrogens (tertiary/aromatic N) is 5. The first-order chi connectivity index (χ1) is 14.1. The van der Waals surface area contributed by atoms with Crippen LogP contribution in [0.2, 0.25) is 0 Å². The first kappa shape index (κ1) is 19.8. The molecule has 4 rings (SSSR count). The predicted molar refractivity (Wildman–Crippen MR) is 119 cm³/mol. The summed E-state index contributed by atoms with van der Waals surface area (Å²) in [5.41, 5.74) is 2.55. The maximum atomic E-state index is 4.71. The highest BCUT2D eigenvalue weighted by molar-refractivity contribution is 5.84. The lowest BCUT2D eigenvalue weighted by atomic mass is 10.0. The van der Waals surface area contributed by atoms with Crippen LogP contribution in [0, 0.1) is 6.92 Å². The van der Waals surface area contributed by atoms with E-state index in [-0.39, 0.29) is 0 Å². The zero-order valence-electron chi connectivity index (χ0n) is 17.8. The van der Waals surface area contributed by atoms with Crippen LogP contribution in [0.5, 0.6) is 0 Å². The fourth-order valence-electron chi connectivity index (χ4n) is 4.42. The van der Waals surface area contributed by atoms with Gasteiger partial charge in [0.05, 0.1) is 0 Å². The highest BCUT2D eigenvalue weighted by Gasteiger charge is 2.24.